The van der Waals surface area contributed by atoms with Gasteiger partial charge >= 0.3 is 5.97 Å². The van der Waals surface area contributed by atoms with Gasteiger partial charge in [0.15, 0.2) is 0 Å². The second-order valence-corrected chi connectivity index (χ2v) is 5.55. The number of hydrogen-bond acceptors (Lipinski definition) is 2. The van der Waals surface area contributed by atoms with Crippen molar-refractivity contribution in [3.63, 3.8) is 0 Å². The summed E-state index contributed by atoms with van der Waals surface area (Å²) in [6, 6.07) is 7.71. The molecule has 98 valence electrons. The summed E-state index contributed by atoms with van der Waals surface area (Å²) < 4.78 is 0. The van der Waals surface area contributed by atoms with E-state index in [2.05, 4.69) is 13.8 Å². The maximum absolute atomic E-state index is 10.9. The largest absolute Gasteiger partial charge is 0.481 e. The van der Waals surface area contributed by atoms with Crippen LogP contribution in [0.1, 0.15) is 50.2 Å². The number of carbonyl (C=O) groups is 1. The van der Waals surface area contributed by atoms with Crippen LogP contribution in [0.4, 0.5) is 0 Å². The third-order valence-corrected chi connectivity index (χ3v) is 3.75. The smallest absolute Gasteiger partial charge is 0.306 e. The number of rotatable bonds is 5. The monoisotopic (exact) mass is 248 g/mol. The van der Waals surface area contributed by atoms with E-state index in [4.69, 9.17) is 5.11 Å². The molecule has 0 spiro atoms. The summed E-state index contributed by atoms with van der Waals surface area (Å²) in [6.45, 7) is 4.22. The molecule has 0 heterocycles. The van der Waals surface area contributed by atoms with Crippen LogP contribution in [0, 0.1) is 5.92 Å². The fourth-order valence-electron chi connectivity index (χ4n) is 2.43. The number of aliphatic carboxylic acids is 1. The number of benzene rings is 1. The fraction of sp³-hybridized carbons (Fsp3) is 0.533. The first-order valence-electron chi connectivity index (χ1n) is 6.48. The van der Waals surface area contributed by atoms with Crippen molar-refractivity contribution in [1.82, 2.24) is 0 Å². The molecule has 0 radical (unpaired) electrons. The Morgan fingerprint density at radius 2 is 1.89 bits per heavy atom. The molecule has 1 aromatic carbocycles. The third kappa shape index (κ3) is 2.56. The normalized spacial score (nSPS) is 18.7. The Labute approximate surface area is 107 Å². The van der Waals surface area contributed by atoms with E-state index < -0.39 is 11.6 Å². The molecule has 2 rings (SSSR count). The van der Waals surface area contributed by atoms with Crippen LogP contribution in [0.15, 0.2) is 24.3 Å². The molecule has 3 nitrogen and oxygen atoms in total. The van der Waals surface area contributed by atoms with Gasteiger partial charge in [0.1, 0.15) is 5.60 Å². The van der Waals surface area contributed by atoms with Gasteiger partial charge in [0, 0.05) is 0 Å². The van der Waals surface area contributed by atoms with E-state index in [0.29, 0.717) is 5.92 Å². The Morgan fingerprint density at radius 1 is 1.33 bits per heavy atom. The molecule has 0 amide bonds. The minimum absolute atomic E-state index is 0.0958. The van der Waals surface area contributed by atoms with Crippen LogP contribution in [0.25, 0.3) is 0 Å². The standard InChI is InChI=1S/C15H20O3/c1-10(2)11-3-5-12(6-4-11)15(18,9-14(16)17)13-7-8-13/h3-6,10,13,18H,7-9H2,1-2H3,(H,16,17). The lowest BCUT2D eigenvalue weighted by atomic mass is 9.84. The second-order valence-electron chi connectivity index (χ2n) is 5.55. The summed E-state index contributed by atoms with van der Waals surface area (Å²) in [5.41, 5.74) is 0.741. The van der Waals surface area contributed by atoms with E-state index in [-0.39, 0.29) is 12.3 Å². The van der Waals surface area contributed by atoms with Gasteiger partial charge in [-0.2, -0.15) is 0 Å². The summed E-state index contributed by atoms with van der Waals surface area (Å²) in [7, 11) is 0. The van der Waals surface area contributed by atoms with Crippen molar-refractivity contribution in [2.24, 2.45) is 5.92 Å². The van der Waals surface area contributed by atoms with E-state index in [1.807, 2.05) is 24.3 Å². The molecule has 1 unspecified atom stereocenters. The van der Waals surface area contributed by atoms with Gasteiger partial charge in [-0.15, -0.1) is 0 Å². The molecule has 18 heavy (non-hydrogen) atoms. The highest BCUT2D eigenvalue weighted by Gasteiger charge is 2.46. The summed E-state index contributed by atoms with van der Waals surface area (Å²) in [5.74, 6) is -0.414. The van der Waals surface area contributed by atoms with Gasteiger partial charge in [0.25, 0.3) is 0 Å². The molecule has 1 aliphatic rings. The van der Waals surface area contributed by atoms with Crippen molar-refractivity contribution in [3.05, 3.63) is 35.4 Å². The van der Waals surface area contributed by atoms with Gasteiger partial charge in [-0.05, 0) is 35.8 Å². The molecule has 1 aliphatic carbocycles. The number of aliphatic hydroxyl groups is 1. The average molecular weight is 248 g/mol. The van der Waals surface area contributed by atoms with Gasteiger partial charge < -0.3 is 10.2 Å². The van der Waals surface area contributed by atoms with E-state index in [9.17, 15) is 9.90 Å². The average Bonchev–Trinajstić information content (AvgIpc) is 3.12. The van der Waals surface area contributed by atoms with E-state index >= 15 is 0 Å². The van der Waals surface area contributed by atoms with Gasteiger partial charge in [-0.1, -0.05) is 38.1 Å². The van der Waals surface area contributed by atoms with Crippen molar-refractivity contribution in [1.29, 1.82) is 0 Å². The predicted molar refractivity (Wildman–Crippen MR) is 69.4 cm³/mol. The number of carboxylic acids is 1. The Hall–Kier alpha value is -1.35. The minimum Gasteiger partial charge on any atom is -0.481 e. The minimum atomic E-state index is -1.19. The topological polar surface area (TPSA) is 57.5 Å². The Balaban J connectivity index is 2.28. The molecule has 3 heteroatoms. The zero-order valence-corrected chi connectivity index (χ0v) is 10.9. The lowest BCUT2D eigenvalue weighted by Crippen LogP contribution is -2.31. The molecule has 0 aromatic heterocycles. The molecule has 1 atom stereocenters. The first-order chi connectivity index (χ1) is 8.43. The van der Waals surface area contributed by atoms with E-state index in [0.717, 1.165) is 18.4 Å². The van der Waals surface area contributed by atoms with Crippen LogP contribution < -0.4 is 0 Å². The highest BCUT2D eigenvalue weighted by molar-refractivity contribution is 5.68. The molecule has 1 aromatic rings. The van der Waals surface area contributed by atoms with Crippen LogP contribution in [0.5, 0.6) is 0 Å². The lowest BCUT2D eigenvalue weighted by Gasteiger charge is -2.27. The molecule has 1 saturated carbocycles. The Bertz CT molecular complexity index is 432. The quantitative estimate of drug-likeness (QED) is 0.842. The highest BCUT2D eigenvalue weighted by atomic mass is 16.4. The molecular formula is C15H20O3. The van der Waals surface area contributed by atoms with Gasteiger partial charge in [0.05, 0.1) is 6.42 Å². The maximum Gasteiger partial charge on any atom is 0.306 e. The molecular weight excluding hydrogens is 228 g/mol. The zero-order chi connectivity index (χ0) is 13.3. The van der Waals surface area contributed by atoms with E-state index in [1.54, 1.807) is 0 Å². The summed E-state index contributed by atoms with van der Waals surface area (Å²) in [4.78, 5) is 10.9. The van der Waals surface area contributed by atoms with Crippen molar-refractivity contribution >= 4 is 5.97 Å². The maximum atomic E-state index is 10.9. The van der Waals surface area contributed by atoms with E-state index in [1.165, 1.54) is 5.56 Å². The van der Waals surface area contributed by atoms with Crippen molar-refractivity contribution in [2.75, 3.05) is 0 Å². The van der Waals surface area contributed by atoms with Crippen molar-refractivity contribution < 1.29 is 15.0 Å². The van der Waals surface area contributed by atoms with Crippen LogP contribution >= 0.6 is 0 Å². The van der Waals surface area contributed by atoms with Gasteiger partial charge in [-0.25, -0.2) is 0 Å². The van der Waals surface area contributed by atoms with Crippen LogP contribution in [0.2, 0.25) is 0 Å². The SMILES string of the molecule is CC(C)c1ccc(C(O)(CC(=O)O)C2CC2)cc1. The Kier molecular flexibility index (Phi) is 3.44. The van der Waals surface area contributed by atoms with Crippen molar-refractivity contribution in [3.8, 4) is 0 Å². The van der Waals surface area contributed by atoms with Crippen molar-refractivity contribution in [2.45, 2.75) is 44.6 Å². The summed E-state index contributed by atoms with van der Waals surface area (Å²) in [6.07, 6.45) is 1.62. The Morgan fingerprint density at radius 3 is 2.28 bits per heavy atom. The predicted octanol–water partition coefficient (Wildman–Crippen LogP) is 2.88. The van der Waals surface area contributed by atoms with Crippen LogP contribution in [-0.2, 0) is 10.4 Å². The summed E-state index contributed by atoms with van der Waals surface area (Å²) >= 11 is 0. The first-order valence-corrected chi connectivity index (χ1v) is 6.48. The van der Waals surface area contributed by atoms with Crippen LogP contribution in [0.3, 0.4) is 0 Å². The zero-order valence-electron chi connectivity index (χ0n) is 10.9. The second kappa shape index (κ2) is 4.73. The van der Waals surface area contributed by atoms with Gasteiger partial charge in [0.2, 0.25) is 0 Å². The highest BCUT2D eigenvalue weighted by Crippen LogP contribution is 2.47. The molecule has 0 aliphatic heterocycles. The van der Waals surface area contributed by atoms with Gasteiger partial charge in [-0.3, -0.25) is 4.79 Å². The molecule has 0 bridgehead atoms. The first kappa shape index (κ1) is 13.1. The third-order valence-electron chi connectivity index (χ3n) is 3.75. The number of carboxylic acid groups (broad SMARTS) is 1. The summed E-state index contributed by atoms with van der Waals surface area (Å²) in [5, 5.41) is 19.6. The number of hydrogen-bond donors (Lipinski definition) is 2. The lowest BCUT2D eigenvalue weighted by molar-refractivity contribution is -0.144. The molecule has 0 saturated heterocycles. The molecule has 1 fully saturated rings. The van der Waals surface area contributed by atoms with Crippen LogP contribution in [-0.4, -0.2) is 16.2 Å². The molecule has 2 N–H and O–H groups in total. The fourth-order valence-corrected chi connectivity index (χ4v) is 2.43.